The molecular formula is C30H4F10N4. The van der Waals surface area contributed by atoms with Gasteiger partial charge in [0.2, 0.25) is 11.6 Å². The molecule has 14 heteroatoms. The molecule has 0 heterocycles. The molecule has 4 aromatic rings. The maximum atomic E-state index is 14.8. The molecule has 0 saturated heterocycles. The molecule has 0 spiro atoms. The Bertz CT molecular complexity index is 2010. The van der Waals surface area contributed by atoms with Gasteiger partial charge in [0.15, 0.2) is 46.5 Å². The number of rotatable bonds is 2. The summed E-state index contributed by atoms with van der Waals surface area (Å²) in [6.45, 7) is 0. The van der Waals surface area contributed by atoms with Gasteiger partial charge in [0, 0.05) is 16.7 Å². The van der Waals surface area contributed by atoms with Gasteiger partial charge in [-0.2, -0.15) is 21.0 Å². The molecule has 1 aliphatic carbocycles. The SMILES string of the molecule is N#CC(C#N)=C1c2cc(-c3c(F)c(F)c(F)c(F)c3F)c(C#N)cc2-c2cc(C#N)c(-c3c(F)c(F)c(F)c(F)c3F)cc21. The molecule has 0 atom stereocenters. The first-order chi connectivity index (χ1) is 20.8. The largest absolute Gasteiger partial charge is 0.203 e. The summed E-state index contributed by atoms with van der Waals surface area (Å²) in [5, 5.41) is 38.7. The number of halogens is 10. The lowest BCUT2D eigenvalue weighted by molar-refractivity contribution is 0.381. The number of fused-ring (bicyclic) bond motifs is 3. The van der Waals surface area contributed by atoms with Crippen molar-refractivity contribution in [2.45, 2.75) is 0 Å². The predicted molar refractivity (Wildman–Crippen MR) is 129 cm³/mol. The molecule has 0 N–H and O–H groups in total. The highest BCUT2D eigenvalue weighted by molar-refractivity contribution is 6.07. The van der Waals surface area contributed by atoms with Crippen molar-refractivity contribution < 1.29 is 43.9 Å². The number of hydrogen-bond donors (Lipinski definition) is 0. The van der Waals surface area contributed by atoms with Crippen LogP contribution < -0.4 is 0 Å². The molecule has 0 bridgehead atoms. The van der Waals surface area contributed by atoms with Crippen LogP contribution in [0.2, 0.25) is 0 Å². The maximum Gasteiger partial charge on any atom is 0.200 e. The summed E-state index contributed by atoms with van der Waals surface area (Å²) < 4.78 is 143. The van der Waals surface area contributed by atoms with Crippen LogP contribution in [0.15, 0.2) is 29.8 Å². The van der Waals surface area contributed by atoms with E-state index < -0.39 is 103 Å². The summed E-state index contributed by atoms with van der Waals surface area (Å²) in [7, 11) is 0. The molecule has 0 amide bonds. The first-order valence-corrected chi connectivity index (χ1v) is 11.6. The normalized spacial score (nSPS) is 11.3. The average Bonchev–Trinajstić information content (AvgIpc) is 3.32. The molecule has 1 aliphatic rings. The van der Waals surface area contributed by atoms with Gasteiger partial charge >= 0.3 is 0 Å². The lowest BCUT2D eigenvalue weighted by Gasteiger charge is -2.13. The van der Waals surface area contributed by atoms with Crippen molar-refractivity contribution in [1.82, 2.24) is 0 Å². The lowest BCUT2D eigenvalue weighted by atomic mass is 9.91. The minimum Gasteiger partial charge on any atom is -0.203 e. The first kappa shape index (κ1) is 29.4. The summed E-state index contributed by atoms with van der Waals surface area (Å²) in [5.74, 6) is -23.6. The Hall–Kier alpha value is -6.12. The molecule has 44 heavy (non-hydrogen) atoms. The molecule has 0 unspecified atom stereocenters. The maximum absolute atomic E-state index is 14.8. The molecule has 5 rings (SSSR count). The standard InChI is InChI=1S/C30H4F10N4/c31-21-19(22(32)26(36)29(39)25(21)35)12-3-16-14(1-9(12)5-41)15-2-10(6-42)13(4-17(15)18(16)11(7-43)8-44)20-23(33)27(37)30(40)28(38)24(20)34/h1-4H. The summed E-state index contributed by atoms with van der Waals surface area (Å²) >= 11 is 0. The Balaban J connectivity index is 1.93. The molecule has 4 nitrogen and oxygen atoms in total. The molecule has 0 aliphatic heterocycles. The predicted octanol–water partition coefficient (Wildman–Crippen LogP) is 7.98. The lowest BCUT2D eigenvalue weighted by Crippen LogP contribution is -2.05. The first-order valence-electron chi connectivity index (χ1n) is 11.6. The Labute approximate surface area is 238 Å². The van der Waals surface area contributed by atoms with Gasteiger partial charge in [-0.25, -0.2) is 43.9 Å². The van der Waals surface area contributed by atoms with E-state index in [9.17, 15) is 65.0 Å². The Morgan fingerprint density at radius 2 is 0.682 bits per heavy atom. The number of nitriles is 4. The third-order valence-electron chi connectivity index (χ3n) is 6.82. The van der Waals surface area contributed by atoms with E-state index in [0.29, 0.717) is 0 Å². The van der Waals surface area contributed by atoms with Crippen molar-refractivity contribution in [3.8, 4) is 57.7 Å². The molecule has 0 saturated carbocycles. The molecule has 4 aromatic carbocycles. The summed E-state index contributed by atoms with van der Waals surface area (Å²) in [4.78, 5) is 0. The van der Waals surface area contributed by atoms with Crippen molar-refractivity contribution in [3.63, 3.8) is 0 Å². The number of benzene rings is 4. The van der Waals surface area contributed by atoms with Crippen LogP contribution in [0.25, 0.3) is 39.0 Å². The third kappa shape index (κ3) is 3.89. The van der Waals surface area contributed by atoms with E-state index in [0.717, 1.165) is 24.3 Å². The van der Waals surface area contributed by atoms with Gasteiger partial charge in [-0.05, 0) is 46.5 Å². The van der Waals surface area contributed by atoms with Crippen LogP contribution in [0, 0.1) is 103 Å². The Kier molecular flexibility index (Phi) is 6.88. The highest BCUT2D eigenvalue weighted by Gasteiger charge is 2.35. The molecule has 214 valence electrons. The molecular weight excluding hydrogens is 606 g/mol. The van der Waals surface area contributed by atoms with Gasteiger partial charge in [0.1, 0.15) is 17.7 Å². The van der Waals surface area contributed by atoms with E-state index >= 15 is 0 Å². The number of hydrogen-bond acceptors (Lipinski definition) is 4. The fourth-order valence-corrected chi connectivity index (χ4v) is 4.89. The van der Waals surface area contributed by atoms with Crippen LogP contribution in [0.3, 0.4) is 0 Å². The zero-order chi connectivity index (χ0) is 32.4. The van der Waals surface area contributed by atoms with Gasteiger partial charge in [0.25, 0.3) is 0 Å². The average molecular weight is 610 g/mol. The molecule has 0 fully saturated rings. The van der Waals surface area contributed by atoms with E-state index in [1.54, 1.807) is 0 Å². The topological polar surface area (TPSA) is 95.2 Å². The quantitative estimate of drug-likeness (QED) is 0.0877. The van der Waals surface area contributed by atoms with Crippen molar-refractivity contribution in [2.24, 2.45) is 0 Å². The Morgan fingerprint density at radius 1 is 0.386 bits per heavy atom. The summed E-state index contributed by atoms with van der Waals surface area (Å²) in [6.07, 6.45) is 0. The van der Waals surface area contributed by atoms with Crippen LogP contribution in [-0.2, 0) is 0 Å². The van der Waals surface area contributed by atoms with Crippen molar-refractivity contribution >= 4 is 5.57 Å². The van der Waals surface area contributed by atoms with E-state index in [2.05, 4.69) is 0 Å². The molecule has 0 radical (unpaired) electrons. The van der Waals surface area contributed by atoms with Gasteiger partial charge in [-0.1, -0.05) is 0 Å². The van der Waals surface area contributed by atoms with E-state index in [1.807, 2.05) is 0 Å². The zero-order valence-corrected chi connectivity index (χ0v) is 20.9. The summed E-state index contributed by atoms with van der Waals surface area (Å²) in [6, 6.07) is 9.26. The third-order valence-corrected chi connectivity index (χ3v) is 6.82. The van der Waals surface area contributed by atoms with Gasteiger partial charge < -0.3 is 0 Å². The van der Waals surface area contributed by atoms with Crippen LogP contribution in [-0.4, -0.2) is 0 Å². The zero-order valence-electron chi connectivity index (χ0n) is 20.9. The fourth-order valence-electron chi connectivity index (χ4n) is 4.89. The second kappa shape index (κ2) is 10.3. The second-order valence-electron chi connectivity index (χ2n) is 8.97. The van der Waals surface area contributed by atoms with E-state index in [4.69, 9.17) is 0 Å². The van der Waals surface area contributed by atoms with Crippen LogP contribution in [0.1, 0.15) is 22.3 Å². The van der Waals surface area contributed by atoms with Crippen molar-refractivity contribution in [1.29, 1.82) is 21.0 Å². The van der Waals surface area contributed by atoms with Gasteiger partial charge in [-0.3, -0.25) is 0 Å². The minimum absolute atomic E-state index is 0.150. The van der Waals surface area contributed by atoms with Crippen LogP contribution >= 0.6 is 0 Å². The Morgan fingerprint density at radius 3 is 0.955 bits per heavy atom. The molecule has 0 aromatic heterocycles. The van der Waals surface area contributed by atoms with Crippen LogP contribution in [0.4, 0.5) is 43.9 Å². The summed E-state index contributed by atoms with van der Waals surface area (Å²) in [5.41, 5.74) is -8.42. The highest BCUT2D eigenvalue weighted by Crippen LogP contribution is 2.51. The second-order valence-corrected chi connectivity index (χ2v) is 8.97. The highest BCUT2D eigenvalue weighted by atomic mass is 19.2. The van der Waals surface area contributed by atoms with Crippen LogP contribution in [0.5, 0.6) is 0 Å². The number of nitrogens with zero attached hydrogens (tertiary/aromatic N) is 4. The van der Waals surface area contributed by atoms with Crippen molar-refractivity contribution in [2.75, 3.05) is 0 Å². The van der Waals surface area contributed by atoms with Gasteiger partial charge in [-0.15, -0.1) is 0 Å². The smallest absolute Gasteiger partial charge is 0.200 e. The fraction of sp³-hybridized carbons (Fsp3) is 0. The minimum atomic E-state index is -2.49. The van der Waals surface area contributed by atoms with E-state index in [1.165, 1.54) is 24.3 Å². The van der Waals surface area contributed by atoms with E-state index in [-0.39, 0.29) is 22.3 Å². The monoisotopic (exact) mass is 610 g/mol. The van der Waals surface area contributed by atoms with Crippen molar-refractivity contribution in [3.05, 3.63) is 110 Å². The van der Waals surface area contributed by atoms with Gasteiger partial charge in [0.05, 0.1) is 34.4 Å². The number of allylic oxidation sites excluding steroid dienone is 1.